The first-order valence-electron chi connectivity index (χ1n) is 8.89. The molecule has 0 bridgehead atoms. The van der Waals surface area contributed by atoms with Crippen LogP contribution in [0.3, 0.4) is 0 Å². The van der Waals surface area contributed by atoms with E-state index in [1.807, 2.05) is 46.0 Å². The van der Waals surface area contributed by atoms with E-state index in [2.05, 4.69) is 17.2 Å². The van der Waals surface area contributed by atoms with E-state index in [1.165, 1.54) is 0 Å². The highest BCUT2D eigenvalue weighted by Gasteiger charge is 2.46. The Morgan fingerprint density at radius 3 is 1.97 bits per heavy atom. The average molecular weight is 463 g/mol. The van der Waals surface area contributed by atoms with Crippen LogP contribution in [-0.2, 0) is 15.0 Å². The number of allylic oxidation sites excluding steroid dienone is 1. The van der Waals surface area contributed by atoms with E-state index in [0.29, 0.717) is 23.0 Å². The lowest BCUT2D eigenvalue weighted by atomic mass is 9.63. The van der Waals surface area contributed by atoms with E-state index in [0.717, 1.165) is 5.56 Å². The molecule has 0 aliphatic rings. The van der Waals surface area contributed by atoms with Gasteiger partial charge >= 0.3 is 18.0 Å². The zero-order valence-corrected chi connectivity index (χ0v) is 18.8. The van der Waals surface area contributed by atoms with Gasteiger partial charge in [-0.25, -0.2) is 14.4 Å². The monoisotopic (exact) mass is 462 g/mol. The molecule has 2 unspecified atom stereocenters. The average Bonchev–Trinajstić information content (AvgIpc) is 2.61. The first-order chi connectivity index (χ1) is 13.7. The zero-order chi connectivity index (χ0) is 23.7. The minimum Gasteiger partial charge on any atom is -0.473 e. The molecule has 1 aromatic carbocycles. The van der Waals surface area contributed by atoms with Crippen LogP contribution in [0.25, 0.3) is 0 Å². The molecule has 0 aliphatic carbocycles. The summed E-state index contributed by atoms with van der Waals surface area (Å²) in [7, 11) is 1.84. The molecule has 1 rings (SSSR count). The van der Waals surface area contributed by atoms with Crippen molar-refractivity contribution in [3.63, 3.8) is 0 Å². The van der Waals surface area contributed by atoms with E-state index in [9.17, 15) is 9.90 Å². The van der Waals surface area contributed by atoms with Gasteiger partial charge in [0, 0.05) is 18.0 Å². The number of aliphatic carboxylic acids is 2. The fourth-order valence-corrected chi connectivity index (χ4v) is 3.66. The van der Waals surface area contributed by atoms with Crippen molar-refractivity contribution in [1.29, 1.82) is 0 Å². The Bertz CT molecular complexity index is 767. The van der Waals surface area contributed by atoms with Crippen LogP contribution in [0.15, 0.2) is 30.9 Å². The molecule has 10 heteroatoms. The quantitative estimate of drug-likeness (QED) is 0.306. The van der Waals surface area contributed by atoms with Crippen LogP contribution in [-0.4, -0.2) is 53.0 Å². The fourth-order valence-electron chi connectivity index (χ4n) is 3.36. The number of rotatable bonds is 7. The van der Waals surface area contributed by atoms with E-state index in [1.54, 1.807) is 6.07 Å². The van der Waals surface area contributed by atoms with Crippen molar-refractivity contribution in [2.24, 2.45) is 5.41 Å². The van der Waals surface area contributed by atoms with E-state index in [4.69, 9.17) is 43.0 Å². The second-order valence-electron chi connectivity index (χ2n) is 7.67. The van der Waals surface area contributed by atoms with Crippen LogP contribution >= 0.6 is 23.2 Å². The van der Waals surface area contributed by atoms with Crippen LogP contribution in [0.5, 0.6) is 0 Å². The molecular formula is C20H28Cl2N2O6. The van der Waals surface area contributed by atoms with Crippen LogP contribution in [0, 0.1) is 5.41 Å². The fraction of sp³-hybridized carbons (Fsp3) is 0.450. The van der Waals surface area contributed by atoms with Gasteiger partial charge in [-0.3, -0.25) is 0 Å². The molecule has 0 saturated heterocycles. The molecule has 2 atom stereocenters. The predicted molar refractivity (Wildman–Crippen MR) is 117 cm³/mol. The standard InChI is InChI=1S/C18H26Cl2N2O2.C2H2O4/c1-6-9-18(11-21-5,12-7-8-13(19)14(20)10-12)15(17(2,3)4)22-16(23)24;3-1(4)2(5)6/h6-8,10,15,21-22H,1,9,11H2,2-5H3,(H,23,24);(H,3,4)(H,5,6). The van der Waals surface area contributed by atoms with Crippen molar-refractivity contribution >= 4 is 41.2 Å². The number of benzene rings is 1. The minimum atomic E-state index is -1.82. The van der Waals surface area contributed by atoms with E-state index in [-0.39, 0.29) is 11.5 Å². The van der Waals surface area contributed by atoms with Gasteiger partial charge in [-0.15, -0.1) is 6.58 Å². The zero-order valence-electron chi connectivity index (χ0n) is 17.3. The summed E-state index contributed by atoms with van der Waals surface area (Å²) in [4.78, 5) is 29.7. The molecule has 0 saturated carbocycles. The lowest BCUT2D eigenvalue weighted by Crippen LogP contribution is -2.60. The summed E-state index contributed by atoms with van der Waals surface area (Å²) in [5.74, 6) is -3.65. The van der Waals surface area contributed by atoms with Gasteiger partial charge in [0.2, 0.25) is 0 Å². The maximum atomic E-state index is 11.5. The second kappa shape index (κ2) is 11.8. The van der Waals surface area contributed by atoms with Crippen molar-refractivity contribution in [2.45, 2.75) is 38.6 Å². The van der Waals surface area contributed by atoms with Crippen molar-refractivity contribution < 1.29 is 29.7 Å². The highest BCUT2D eigenvalue weighted by molar-refractivity contribution is 6.42. The van der Waals surface area contributed by atoms with Gasteiger partial charge in [0.05, 0.1) is 10.0 Å². The molecule has 0 spiro atoms. The Labute approximate surface area is 185 Å². The first kappa shape index (κ1) is 27.7. The lowest BCUT2D eigenvalue weighted by Gasteiger charge is -2.47. The summed E-state index contributed by atoms with van der Waals surface area (Å²) in [5, 5.41) is 31.0. The molecule has 0 radical (unpaired) electrons. The highest BCUT2D eigenvalue weighted by atomic mass is 35.5. The molecule has 5 N–H and O–H groups in total. The maximum Gasteiger partial charge on any atom is 0.414 e. The normalized spacial score (nSPS) is 13.8. The molecule has 0 fully saturated rings. The Kier molecular flexibility index (Phi) is 10.9. The molecular weight excluding hydrogens is 435 g/mol. The highest BCUT2D eigenvalue weighted by Crippen LogP contribution is 2.41. The van der Waals surface area contributed by atoms with E-state index >= 15 is 0 Å². The molecule has 0 aliphatic heterocycles. The van der Waals surface area contributed by atoms with Crippen LogP contribution in [0.1, 0.15) is 32.8 Å². The number of carboxylic acids is 2. The van der Waals surface area contributed by atoms with Gasteiger partial charge in [0.15, 0.2) is 0 Å². The van der Waals surface area contributed by atoms with Crippen molar-refractivity contribution in [3.8, 4) is 0 Å². The van der Waals surface area contributed by atoms with Gasteiger partial charge in [0.1, 0.15) is 0 Å². The Morgan fingerprint density at radius 1 is 1.10 bits per heavy atom. The number of hydrogen-bond donors (Lipinski definition) is 5. The van der Waals surface area contributed by atoms with Gasteiger partial charge in [-0.1, -0.05) is 56.1 Å². The minimum absolute atomic E-state index is 0.329. The summed E-state index contributed by atoms with van der Waals surface area (Å²) in [6.45, 7) is 10.5. The summed E-state index contributed by atoms with van der Waals surface area (Å²) in [6.07, 6.45) is 1.33. The summed E-state index contributed by atoms with van der Waals surface area (Å²) in [6, 6.07) is 5.09. The number of carbonyl (C=O) groups is 3. The molecule has 1 amide bonds. The molecule has 0 aromatic heterocycles. The largest absolute Gasteiger partial charge is 0.473 e. The second-order valence-corrected chi connectivity index (χ2v) is 8.48. The van der Waals surface area contributed by atoms with Gasteiger partial charge in [-0.05, 0) is 36.6 Å². The Balaban J connectivity index is 0.00000122. The number of amides is 1. The van der Waals surface area contributed by atoms with Crippen LogP contribution < -0.4 is 10.6 Å². The van der Waals surface area contributed by atoms with Crippen molar-refractivity contribution in [2.75, 3.05) is 13.6 Å². The molecule has 1 aromatic rings. The van der Waals surface area contributed by atoms with E-state index < -0.39 is 23.4 Å². The topological polar surface area (TPSA) is 136 Å². The van der Waals surface area contributed by atoms with Crippen molar-refractivity contribution in [3.05, 3.63) is 46.5 Å². The molecule has 0 heterocycles. The number of hydrogen-bond acceptors (Lipinski definition) is 4. The first-order valence-corrected chi connectivity index (χ1v) is 9.65. The maximum absolute atomic E-state index is 11.5. The summed E-state index contributed by atoms with van der Waals surface area (Å²) in [5.41, 5.74) is 0.0333. The smallest absolute Gasteiger partial charge is 0.414 e. The van der Waals surface area contributed by atoms with Crippen LogP contribution in [0.4, 0.5) is 4.79 Å². The molecule has 30 heavy (non-hydrogen) atoms. The third-order valence-electron chi connectivity index (χ3n) is 4.36. The third-order valence-corrected chi connectivity index (χ3v) is 5.10. The number of halogens is 2. The number of likely N-dealkylation sites (N-methyl/N-ethyl adjacent to an activating group) is 1. The molecule has 168 valence electrons. The number of carboxylic acid groups (broad SMARTS) is 3. The van der Waals surface area contributed by atoms with Crippen LogP contribution in [0.2, 0.25) is 10.0 Å². The number of nitrogens with one attached hydrogen (secondary N) is 2. The lowest BCUT2D eigenvalue weighted by molar-refractivity contribution is -0.159. The predicted octanol–water partition coefficient (Wildman–Crippen LogP) is 3.86. The van der Waals surface area contributed by atoms with Gasteiger partial charge in [-0.2, -0.15) is 0 Å². The van der Waals surface area contributed by atoms with Gasteiger partial charge < -0.3 is 26.0 Å². The summed E-state index contributed by atoms with van der Waals surface area (Å²) >= 11 is 12.3. The van der Waals surface area contributed by atoms with Gasteiger partial charge in [0.25, 0.3) is 0 Å². The summed E-state index contributed by atoms with van der Waals surface area (Å²) < 4.78 is 0. The Morgan fingerprint density at radius 2 is 1.63 bits per heavy atom. The Hall–Kier alpha value is -2.29. The SMILES string of the molecule is C=CCC(CNC)(c1ccc(Cl)c(Cl)c1)C(NC(=O)O)C(C)(C)C.O=C(O)C(=O)O. The third kappa shape index (κ3) is 7.85. The molecule has 8 nitrogen and oxygen atoms in total. The van der Waals surface area contributed by atoms with Crippen molar-refractivity contribution in [1.82, 2.24) is 10.6 Å².